The molecule has 3 aromatic rings. The van der Waals surface area contributed by atoms with Crippen LogP contribution in [0.25, 0.3) is 10.8 Å². The summed E-state index contributed by atoms with van der Waals surface area (Å²) in [6.07, 6.45) is 0.629. The Labute approximate surface area is 150 Å². The number of H-pyrrole nitrogens is 1. The van der Waals surface area contributed by atoms with Gasteiger partial charge in [0.1, 0.15) is 0 Å². The maximum Gasteiger partial charge on any atom is 0.272 e. The van der Waals surface area contributed by atoms with Crippen molar-refractivity contribution in [2.24, 2.45) is 5.41 Å². The van der Waals surface area contributed by atoms with E-state index in [2.05, 4.69) is 15.5 Å². The van der Waals surface area contributed by atoms with Crippen LogP contribution in [0.5, 0.6) is 0 Å². The summed E-state index contributed by atoms with van der Waals surface area (Å²) in [5.74, 6) is -0.384. The van der Waals surface area contributed by atoms with Crippen molar-refractivity contribution in [1.29, 1.82) is 0 Å². The van der Waals surface area contributed by atoms with Gasteiger partial charge in [-0.3, -0.25) is 9.59 Å². The Morgan fingerprint density at radius 2 is 1.77 bits per heavy atom. The van der Waals surface area contributed by atoms with Gasteiger partial charge in [0.05, 0.1) is 12.0 Å². The molecule has 1 aromatic heterocycles. The molecule has 0 radical (unpaired) electrons. The molecule has 0 aliphatic rings. The maximum absolute atomic E-state index is 12.6. The van der Waals surface area contributed by atoms with Crippen molar-refractivity contribution in [2.45, 2.75) is 13.3 Å². The summed E-state index contributed by atoms with van der Waals surface area (Å²) in [4.78, 5) is 24.4. The predicted molar refractivity (Wildman–Crippen MR) is 100 cm³/mol. The van der Waals surface area contributed by atoms with Crippen molar-refractivity contribution in [1.82, 2.24) is 15.5 Å². The van der Waals surface area contributed by atoms with Gasteiger partial charge in [-0.2, -0.15) is 5.10 Å². The highest BCUT2D eigenvalue weighted by Gasteiger charge is 2.25. The van der Waals surface area contributed by atoms with Gasteiger partial charge in [0.15, 0.2) is 5.69 Å². The number of fused-ring (bicyclic) bond motifs is 1. The third kappa shape index (κ3) is 3.81. The summed E-state index contributed by atoms with van der Waals surface area (Å²) >= 11 is 0. The molecule has 0 aliphatic heterocycles. The largest absolute Gasteiger partial charge is 0.396 e. The Morgan fingerprint density at radius 3 is 2.46 bits per heavy atom. The number of hydrogen-bond donors (Lipinski definition) is 3. The lowest BCUT2D eigenvalue weighted by Gasteiger charge is -2.27. The standard InChI is InChI=1S/C20H21N3O3/c1-20(13-24,11-14-7-3-2-4-8-14)12-21-19(26)17-15-9-5-6-10-16(15)18(25)23-22-17/h2-10,24H,11-13H2,1H3,(H,21,26)(H,23,25)/t20-/m1/s1. The molecule has 3 N–H and O–H groups in total. The van der Waals surface area contributed by atoms with E-state index in [-0.39, 0.29) is 30.3 Å². The Kier molecular flexibility index (Phi) is 5.14. The quantitative estimate of drug-likeness (QED) is 0.632. The number of amides is 1. The zero-order valence-electron chi connectivity index (χ0n) is 14.5. The zero-order chi connectivity index (χ0) is 18.6. The molecule has 0 unspecified atom stereocenters. The molecule has 26 heavy (non-hydrogen) atoms. The van der Waals surface area contributed by atoms with E-state index in [1.165, 1.54) is 0 Å². The average Bonchev–Trinajstić information content (AvgIpc) is 2.67. The van der Waals surface area contributed by atoms with Crippen molar-refractivity contribution in [2.75, 3.05) is 13.2 Å². The molecule has 3 rings (SSSR count). The first kappa shape index (κ1) is 17.8. The number of aromatic amines is 1. The van der Waals surface area contributed by atoms with E-state index in [9.17, 15) is 14.7 Å². The fourth-order valence-corrected chi connectivity index (χ4v) is 2.93. The number of nitrogens with one attached hydrogen (secondary N) is 2. The number of aromatic nitrogens is 2. The first-order valence-corrected chi connectivity index (χ1v) is 8.43. The highest BCUT2D eigenvalue weighted by molar-refractivity contribution is 6.04. The van der Waals surface area contributed by atoms with Gasteiger partial charge in [-0.15, -0.1) is 0 Å². The van der Waals surface area contributed by atoms with E-state index >= 15 is 0 Å². The summed E-state index contributed by atoms with van der Waals surface area (Å²) in [5.41, 5.74) is 0.419. The summed E-state index contributed by atoms with van der Waals surface area (Å²) in [7, 11) is 0. The first-order valence-electron chi connectivity index (χ1n) is 8.43. The minimum Gasteiger partial charge on any atom is -0.396 e. The topological polar surface area (TPSA) is 95.1 Å². The Balaban J connectivity index is 1.78. The van der Waals surface area contributed by atoms with E-state index in [0.29, 0.717) is 17.2 Å². The number of rotatable bonds is 6. The fraction of sp³-hybridized carbons (Fsp3) is 0.250. The average molecular weight is 351 g/mol. The normalized spacial score (nSPS) is 13.3. The third-order valence-electron chi connectivity index (χ3n) is 4.44. The first-order chi connectivity index (χ1) is 12.5. The molecule has 1 heterocycles. The number of carbonyl (C=O) groups is 1. The number of aliphatic hydroxyl groups excluding tert-OH is 1. The van der Waals surface area contributed by atoms with Crippen molar-refractivity contribution in [3.8, 4) is 0 Å². The molecule has 1 atom stereocenters. The van der Waals surface area contributed by atoms with Crippen LogP contribution in [0.3, 0.4) is 0 Å². The maximum atomic E-state index is 12.6. The third-order valence-corrected chi connectivity index (χ3v) is 4.44. The number of carbonyl (C=O) groups excluding carboxylic acids is 1. The predicted octanol–water partition coefficient (Wildman–Crippen LogP) is 1.89. The number of hydrogen-bond acceptors (Lipinski definition) is 4. The number of benzene rings is 2. The molecular formula is C20H21N3O3. The Morgan fingerprint density at radius 1 is 1.12 bits per heavy atom. The van der Waals surface area contributed by atoms with Gasteiger partial charge < -0.3 is 10.4 Å². The van der Waals surface area contributed by atoms with Crippen molar-refractivity contribution >= 4 is 16.7 Å². The molecule has 6 heteroatoms. The van der Waals surface area contributed by atoms with E-state index in [1.54, 1.807) is 24.3 Å². The molecule has 0 aliphatic carbocycles. The molecule has 2 aromatic carbocycles. The molecule has 0 fully saturated rings. The van der Waals surface area contributed by atoms with Gasteiger partial charge in [0.25, 0.3) is 11.5 Å². The van der Waals surface area contributed by atoms with Gasteiger partial charge >= 0.3 is 0 Å². The van der Waals surface area contributed by atoms with E-state index in [1.807, 2.05) is 37.3 Å². The summed E-state index contributed by atoms with van der Waals surface area (Å²) in [5, 5.41) is 19.8. The summed E-state index contributed by atoms with van der Waals surface area (Å²) < 4.78 is 0. The van der Waals surface area contributed by atoms with E-state index in [0.717, 1.165) is 5.56 Å². The highest BCUT2D eigenvalue weighted by atomic mass is 16.3. The zero-order valence-corrected chi connectivity index (χ0v) is 14.5. The molecule has 1 amide bonds. The monoisotopic (exact) mass is 351 g/mol. The lowest BCUT2D eigenvalue weighted by Crippen LogP contribution is -2.40. The van der Waals surface area contributed by atoms with E-state index in [4.69, 9.17) is 0 Å². The summed E-state index contributed by atoms with van der Waals surface area (Å²) in [6, 6.07) is 16.7. The van der Waals surface area contributed by atoms with Gasteiger partial charge in [0.2, 0.25) is 0 Å². The molecule has 0 saturated carbocycles. The molecule has 0 bridgehead atoms. The molecule has 0 spiro atoms. The highest BCUT2D eigenvalue weighted by Crippen LogP contribution is 2.21. The van der Waals surface area contributed by atoms with Gasteiger partial charge in [0, 0.05) is 17.3 Å². The second-order valence-electron chi connectivity index (χ2n) is 6.76. The van der Waals surface area contributed by atoms with Crippen LogP contribution in [-0.4, -0.2) is 34.4 Å². The minimum atomic E-state index is -0.505. The Bertz CT molecular complexity index is 969. The SMILES string of the molecule is C[C@](CO)(CNC(=O)c1n[nH]c(=O)c2ccccc12)Cc1ccccc1. The summed E-state index contributed by atoms with van der Waals surface area (Å²) in [6.45, 7) is 2.13. The smallest absolute Gasteiger partial charge is 0.272 e. The van der Waals surface area contributed by atoms with Crippen LogP contribution in [0.2, 0.25) is 0 Å². The van der Waals surface area contributed by atoms with E-state index < -0.39 is 5.41 Å². The lowest BCUT2D eigenvalue weighted by atomic mass is 9.84. The second kappa shape index (κ2) is 7.49. The Hall–Kier alpha value is -2.99. The van der Waals surface area contributed by atoms with Gasteiger partial charge in [-0.1, -0.05) is 55.5 Å². The second-order valence-corrected chi connectivity index (χ2v) is 6.76. The molecule has 6 nitrogen and oxygen atoms in total. The lowest BCUT2D eigenvalue weighted by molar-refractivity contribution is 0.0891. The van der Waals surface area contributed by atoms with Crippen LogP contribution in [0.1, 0.15) is 23.0 Å². The van der Waals surface area contributed by atoms with Gasteiger partial charge in [-0.25, -0.2) is 5.10 Å². The fourth-order valence-electron chi connectivity index (χ4n) is 2.93. The van der Waals surface area contributed by atoms with Gasteiger partial charge in [-0.05, 0) is 18.1 Å². The van der Waals surface area contributed by atoms with Crippen molar-refractivity contribution in [3.63, 3.8) is 0 Å². The molecule has 134 valence electrons. The number of nitrogens with zero attached hydrogens (tertiary/aromatic N) is 1. The van der Waals surface area contributed by atoms with Crippen LogP contribution < -0.4 is 10.9 Å². The van der Waals surface area contributed by atoms with Crippen molar-refractivity contribution < 1.29 is 9.90 Å². The van der Waals surface area contributed by atoms with Crippen molar-refractivity contribution in [3.05, 3.63) is 76.2 Å². The minimum absolute atomic E-state index is 0.0675. The molecule has 0 saturated heterocycles. The number of aliphatic hydroxyl groups is 1. The van der Waals surface area contributed by atoms with Crippen LogP contribution in [0, 0.1) is 5.41 Å². The molecular weight excluding hydrogens is 330 g/mol. The van der Waals surface area contributed by atoms with Crippen LogP contribution in [0.15, 0.2) is 59.4 Å². The van der Waals surface area contributed by atoms with Crippen LogP contribution in [0.4, 0.5) is 0 Å². The van der Waals surface area contributed by atoms with Crippen LogP contribution in [-0.2, 0) is 6.42 Å². The van der Waals surface area contributed by atoms with Crippen LogP contribution >= 0.6 is 0 Å².